The quantitative estimate of drug-likeness (QED) is 0.826. The maximum absolute atomic E-state index is 6.31. The highest BCUT2D eigenvalue weighted by Crippen LogP contribution is 2.35. The number of likely N-dealkylation sites (N-methyl/N-ethyl adjacent to an activating group) is 1. The van der Waals surface area contributed by atoms with Gasteiger partial charge in [0.25, 0.3) is 0 Å². The molecule has 1 nitrogen and oxygen atoms in total. The van der Waals surface area contributed by atoms with E-state index in [0.717, 1.165) is 17.5 Å². The van der Waals surface area contributed by atoms with E-state index in [2.05, 4.69) is 17.4 Å². The van der Waals surface area contributed by atoms with E-state index in [1.54, 1.807) is 0 Å². The normalized spacial score (nSPS) is 18.5. The van der Waals surface area contributed by atoms with Crippen molar-refractivity contribution in [2.24, 2.45) is 5.92 Å². The van der Waals surface area contributed by atoms with Crippen molar-refractivity contribution in [3.8, 4) is 0 Å². The van der Waals surface area contributed by atoms with Gasteiger partial charge >= 0.3 is 0 Å². The van der Waals surface area contributed by atoms with Gasteiger partial charge in [-0.3, -0.25) is 0 Å². The monoisotopic (exact) mass is 251 g/mol. The summed E-state index contributed by atoms with van der Waals surface area (Å²) in [6.07, 6.45) is 6.93. The minimum Gasteiger partial charge on any atom is -0.319 e. The third kappa shape index (κ3) is 3.46. The number of rotatable bonds is 5. The molecule has 1 aromatic carbocycles. The molecule has 0 heterocycles. The van der Waals surface area contributed by atoms with Crippen LogP contribution in [0.1, 0.15) is 43.6 Å². The number of nitrogens with one attached hydrogen (secondary N) is 1. The Kier molecular flexibility index (Phi) is 4.87. The summed E-state index contributed by atoms with van der Waals surface area (Å²) in [6.45, 7) is 1.03. The second-order valence-electron chi connectivity index (χ2n) is 5.16. The highest BCUT2D eigenvalue weighted by Gasteiger charge is 2.22. The zero-order chi connectivity index (χ0) is 12.1. The predicted molar refractivity (Wildman–Crippen MR) is 74.7 cm³/mol. The van der Waals surface area contributed by atoms with Gasteiger partial charge in [-0.2, -0.15) is 0 Å². The lowest BCUT2D eigenvalue weighted by Gasteiger charge is -2.21. The van der Waals surface area contributed by atoms with Crippen molar-refractivity contribution in [2.45, 2.75) is 38.0 Å². The lowest BCUT2D eigenvalue weighted by molar-refractivity contribution is 0.435. The highest BCUT2D eigenvalue weighted by molar-refractivity contribution is 6.31. The molecule has 1 N–H and O–H groups in total. The van der Waals surface area contributed by atoms with E-state index >= 15 is 0 Å². The fourth-order valence-corrected chi connectivity index (χ4v) is 3.31. The summed E-state index contributed by atoms with van der Waals surface area (Å²) in [6, 6.07) is 8.30. The molecule has 17 heavy (non-hydrogen) atoms. The Morgan fingerprint density at radius 1 is 1.29 bits per heavy atom. The molecule has 1 unspecified atom stereocenters. The summed E-state index contributed by atoms with van der Waals surface area (Å²) < 4.78 is 0. The van der Waals surface area contributed by atoms with E-state index < -0.39 is 0 Å². The molecule has 0 aromatic heterocycles. The van der Waals surface area contributed by atoms with E-state index in [1.807, 2.05) is 19.2 Å². The van der Waals surface area contributed by atoms with Crippen molar-refractivity contribution in [3.05, 3.63) is 34.9 Å². The van der Waals surface area contributed by atoms with Crippen LogP contribution in [-0.4, -0.2) is 13.6 Å². The van der Waals surface area contributed by atoms with Gasteiger partial charge in [0, 0.05) is 11.6 Å². The molecule has 0 aliphatic heterocycles. The Hall–Kier alpha value is -0.530. The molecule has 1 atom stereocenters. The minimum absolute atomic E-state index is 0.566. The van der Waals surface area contributed by atoms with Crippen LogP contribution in [0.5, 0.6) is 0 Å². The minimum atomic E-state index is 0.566. The Balaban J connectivity index is 2.08. The van der Waals surface area contributed by atoms with Crippen molar-refractivity contribution in [1.82, 2.24) is 5.32 Å². The van der Waals surface area contributed by atoms with Crippen molar-refractivity contribution in [1.29, 1.82) is 0 Å². The summed E-state index contributed by atoms with van der Waals surface area (Å²) in [5, 5.41) is 4.23. The SMILES string of the molecule is CNCC(CC1CCCC1)c1ccccc1Cl. The molecule has 94 valence electrons. The summed E-state index contributed by atoms with van der Waals surface area (Å²) in [4.78, 5) is 0. The molecular formula is C15H22ClN. The van der Waals surface area contributed by atoms with E-state index in [9.17, 15) is 0 Å². The molecular weight excluding hydrogens is 230 g/mol. The molecule has 2 rings (SSSR count). The van der Waals surface area contributed by atoms with Crippen molar-refractivity contribution in [2.75, 3.05) is 13.6 Å². The first kappa shape index (κ1) is 12.9. The number of hydrogen-bond donors (Lipinski definition) is 1. The van der Waals surface area contributed by atoms with Crippen LogP contribution in [0, 0.1) is 5.92 Å². The molecule has 0 saturated heterocycles. The molecule has 1 aromatic rings. The number of benzene rings is 1. The average molecular weight is 252 g/mol. The maximum Gasteiger partial charge on any atom is 0.0441 e. The largest absolute Gasteiger partial charge is 0.319 e. The van der Waals surface area contributed by atoms with Crippen molar-refractivity contribution >= 4 is 11.6 Å². The van der Waals surface area contributed by atoms with Gasteiger partial charge in [0.2, 0.25) is 0 Å². The predicted octanol–water partition coefficient (Wildman–Crippen LogP) is 4.22. The van der Waals surface area contributed by atoms with Crippen molar-refractivity contribution < 1.29 is 0 Å². The topological polar surface area (TPSA) is 12.0 Å². The third-order valence-electron chi connectivity index (χ3n) is 3.89. The van der Waals surface area contributed by atoms with Gasteiger partial charge in [0.05, 0.1) is 0 Å². The second kappa shape index (κ2) is 6.42. The van der Waals surface area contributed by atoms with Crippen LogP contribution in [0.4, 0.5) is 0 Å². The third-order valence-corrected chi connectivity index (χ3v) is 4.23. The molecule has 1 saturated carbocycles. The van der Waals surface area contributed by atoms with Gasteiger partial charge in [-0.15, -0.1) is 0 Å². The summed E-state index contributed by atoms with van der Waals surface area (Å²) in [5.41, 5.74) is 1.32. The number of hydrogen-bond acceptors (Lipinski definition) is 1. The number of halogens is 1. The first-order chi connectivity index (χ1) is 8.31. The molecule has 1 fully saturated rings. The Bertz CT molecular complexity index is 345. The zero-order valence-electron chi connectivity index (χ0n) is 10.6. The summed E-state index contributed by atoms with van der Waals surface area (Å²) in [5.74, 6) is 1.47. The van der Waals surface area contributed by atoms with Crippen LogP contribution in [0.15, 0.2) is 24.3 Å². The lowest BCUT2D eigenvalue weighted by atomic mass is 9.88. The van der Waals surface area contributed by atoms with Gasteiger partial charge in [0.1, 0.15) is 0 Å². The fraction of sp³-hybridized carbons (Fsp3) is 0.600. The van der Waals surface area contributed by atoms with Gasteiger partial charge in [0.15, 0.2) is 0 Å². The van der Waals surface area contributed by atoms with Crippen LogP contribution < -0.4 is 5.32 Å². The van der Waals surface area contributed by atoms with Crippen LogP contribution >= 0.6 is 11.6 Å². The summed E-state index contributed by atoms with van der Waals surface area (Å²) in [7, 11) is 2.03. The average Bonchev–Trinajstić information content (AvgIpc) is 2.82. The van der Waals surface area contributed by atoms with E-state index in [-0.39, 0.29) is 0 Å². The van der Waals surface area contributed by atoms with Gasteiger partial charge in [-0.1, -0.05) is 55.5 Å². The fourth-order valence-electron chi connectivity index (χ4n) is 3.02. The van der Waals surface area contributed by atoms with Gasteiger partial charge in [-0.05, 0) is 36.9 Å². The maximum atomic E-state index is 6.31. The summed E-state index contributed by atoms with van der Waals surface area (Å²) >= 11 is 6.31. The smallest absolute Gasteiger partial charge is 0.0441 e. The van der Waals surface area contributed by atoms with Gasteiger partial charge < -0.3 is 5.32 Å². The first-order valence-corrected chi connectivity index (χ1v) is 7.08. The standard InChI is InChI=1S/C15H22ClN/c1-17-11-13(10-12-6-2-3-7-12)14-8-4-5-9-15(14)16/h4-5,8-9,12-13,17H,2-3,6-7,10-11H2,1H3. The Morgan fingerprint density at radius 2 is 2.00 bits per heavy atom. The molecule has 0 spiro atoms. The Labute approximate surface area is 110 Å². The van der Waals surface area contributed by atoms with Crippen LogP contribution in [0.2, 0.25) is 5.02 Å². The molecule has 1 aliphatic carbocycles. The van der Waals surface area contributed by atoms with E-state index in [0.29, 0.717) is 5.92 Å². The van der Waals surface area contributed by atoms with Crippen LogP contribution in [-0.2, 0) is 0 Å². The molecule has 0 bridgehead atoms. The molecule has 2 heteroatoms. The Morgan fingerprint density at radius 3 is 2.65 bits per heavy atom. The van der Waals surface area contributed by atoms with E-state index in [4.69, 9.17) is 11.6 Å². The second-order valence-corrected chi connectivity index (χ2v) is 5.57. The first-order valence-electron chi connectivity index (χ1n) is 6.70. The van der Waals surface area contributed by atoms with E-state index in [1.165, 1.54) is 37.7 Å². The highest BCUT2D eigenvalue weighted by atomic mass is 35.5. The molecule has 1 aliphatic rings. The van der Waals surface area contributed by atoms with Crippen LogP contribution in [0.25, 0.3) is 0 Å². The van der Waals surface area contributed by atoms with Crippen molar-refractivity contribution in [3.63, 3.8) is 0 Å². The van der Waals surface area contributed by atoms with Gasteiger partial charge in [-0.25, -0.2) is 0 Å². The lowest BCUT2D eigenvalue weighted by Crippen LogP contribution is -2.19. The molecule has 0 radical (unpaired) electrons. The van der Waals surface area contributed by atoms with Crippen LogP contribution in [0.3, 0.4) is 0 Å². The molecule has 0 amide bonds. The zero-order valence-corrected chi connectivity index (χ0v) is 11.3.